The van der Waals surface area contributed by atoms with Crippen LogP contribution in [-0.2, 0) is 0 Å². The summed E-state index contributed by atoms with van der Waals surface area (Å²) in [5, 5.41) is 8.86. The number of carbonyl (C=O) groups is 1. The van der Waals surface area contributed by atoms with Crippen LogP contribution in [0.3, 0.4) is 0 Å². The van der Waals surface area contributed by atoms with Gasteiger partial charge in [0.1, 0.15) is 11.5 Å². The monoisotopic (exact) mass is 301 g/mol. The van der Waals surface area contributed by atoms with Crippen LogP contribution in [0.4, 0.5) is 0 Å². The van der Waals surface area contributed by atoms with Gasteiger partial charge in [0.15, 0.2) is 0 Å². The third kappa shape index (κ3) is 3.98. The molecule has 1 aromatic carbocycles. The summed E-state index contributed by atoms with van der Waals surface area (Å²) in [5.74, 6) is 1.65. The van der Waals surface area contributed by atoms with Gasteiger partial charge >= 0.3 is 0 Å². The minimum Gasteiger partial charge on any atom is -0.461 e. The lowest BCUT2D eigenvalue weighted by Crippen LogP contribution is -2.31. The Hall–Kier alpha value is -2.07. The summed E-state index contributed by atoms with van der Waals surface area (Å²) in [5.41, 5.74) is 1.57. The van der Waals surface area contributed by atoms with Crippen molar-refractivity contribution in [2.24, 2.45) is 0 Å². The normalized spacial score (nSPS) is 10.7. The van der Waals surface area contributed by atoms with E-state index in [1.54, 1.807) is 0 Å². The lowest BCUT2D eigenvalue weighted by Gasteiger charge is -2.21. The molecule has 0 spiro atoms. The van der Waals surface area contributed by atoms with E-state index in [9.17, 15) is 4.79 Å². The molecule has 1 N–H and O–H groups in total. The van der Waals surface area contributed by atoms with E-state index in [0.717, 1.165) is 29.9 Å². The number of nitrogens with zero attached hydrogens (tertiary/aromatic N) is 1. The third-order valence-electron chi connectivity index (χ3n) is 3.64. The van der Waals surface area contributed by atoms with Crippen molar-refractivity contribution in [1.29, 1.82) is 0 Å². The molecule has 1 aromatic heterocycles. The molecular formula is C18H23NO3. The number of aryl methyl sites for hydroxylation is 1. The van der Waals surface area contributed by atoms with Gasteiger partial charge in [-0.2, -0.15) is 0 Å². The van der Waals surface area contributed by atoms with E-state index in [4.69, 9.17) is 9.52 Å². The Labute approximate surface area is 131 Å². The van der Waals surface area contributed by atoms with Gasteiger partial charge in [0.05, 0.1) is 0 Å². The number of amides is 1. The Morgan fingerprint density at radius 1 is 1.23 bits per heavy atom. The summed E-state index contributed by atoms with van der Waals surface area (Å²) in [7, 11) is 0. The van der Waals surface area contributed by atoms with E-state index in [2.05, 4.69) is 0 Å². The van der Waals surface area contributed by atoms with E-state index < -0.39 is 0 Å². The molecule has 0 bridgehead atoms. The van der Waals surface area contributed by atoms with Gasteiger partial charge in [0, 0.05) is 30.8 Å². The molecule has 118 valence electrons. The number of hydrogen-bond acceptors (Lipinski definition) is 3. The lowest BCUT2D eigenvalue weighted by atomic mass is 10.1. The predicted octanol–water partition coefficient (Wildman–Crippen LogP) is 3.49. The van der Waals surface area contributed by atoms with Crippen LogP contribution in [-0.4, -0.2) is 35.6 Å². The standard InChI is InChI=1S/C18H23NO3/c1-3-19(11-4-5-12-20)18(21)16-8-6-7-15(13-16)17-10-9-14(2)22-17/h6-10,13,20H,3-5,11-12H2,1-2H3. The molecule has 1 heterocycles. The van der Waals surface area contributed by atoms with Gasteiger partial charge in [-0.15, -0.1) is 0 Å². The van der Waals surface area contributed by atoms with Crippen molar-refractivity contribution in [3.8, 4) is 11.3 Å². The zero-order valence-corrected chi connectivity index (χ0v) is 13.2. The highest BCUT2D eigenvalue weighted by atomic mass is 16.3. The average molecular weight is 301 g/mol. The van der Waals surface area contributed by atoms with Gasteiger partial charge in [-0.1, -0.05) is 12.1 Å². The Bertz CT molecular complexity index is 618. The zero-order chi connectivity index (χ0) is 15.9. The first-order valence-electron chi connectivity index (χ1n) is 7.72. The number of rotatable bonds is 7. The molecular weight excluding hydrogens is 278 g/mol. The summed E-state index contributed by atoms with van der Waals surface area (Å²) in [6, 6.07) is 11.3. The maximum absolute atomic E-state index is 12.6. The molecule has 4 heteroatoms. The number of aliphatic hydroxyl groups excluding tert-OH is 1. The van der Waals surface area contributed by atoms with E-state index in [1.807, 2.05) is 55.1 Å². The molecule has 4 nitrogen and oxygen atoms in total. The summed E-state index contributed by atoms with van der Waals surface area (Å²) in [4.78, 5) is 14.4. The second kappa shape index (κ2) is 7.80. The van der Waals surface area contributed by atoms with Gasteiger partial charge < -0.3 is 14.4 Å². The molecule has 1 amide bonds. The lowest BCUT2D eigenvalue weighted by molar-refractivity contribution is 0.0759. The van der Waals surface area contributed by atoms with Gasteiger partial charge in [0.25, 0.3) is 5.91 Å². The summed E-state index contributed by atoms with van der Waals surface area (Å²) < 4.78 is 5.62. The van der Waals surface area contributed by atoms with Crippen molar-refractivity contribution in [3.05, 3.63) is 47.7 Å². The van der Waals surface area contributed by atoms with Gasteiger partial charge in [-0.25, -0.2) is 0 Å². The molecule has 2 rings (SSSR count). The Morgan fingerprint density at radius 3 is 2.68 bits per heavy atom. The van der Waals surface area contributed by atoms with E-state index in [0.29, 0.717) is 18.7 Å². The fourth-order valence-electron chi connectivity index (χ4n) is 2.40. The Morgan fingerprint density at radius 2 is 2.05 bits per heavy atom. The molecule has 0 fully saturated rings. The molecule has 2 aromatic rings. The smallest absolute Gasteiger partial charge is 0.253 e. The summed E-state index contributed by atoms with van der Waals surface area (Å²) in [6.07, 6.45) is 1.53. The number of carbonyl (C=O) groups excluding carboxylic acids is 1. The maximum atomic E-state index is 12.6. The average Bonchev–Trinajstić information content (AvgIpc) is 2.98. The van der Waals surface area contributed by atoms with Crippen molar-refractivity contribution in [2.45, 2.75) is 26.7 Å². The Balaban J connectivity index is 2.15. The van der Waals surface area contributed by atoms with Crippen molar-refractivity contribution in [2.75, 3.05) is 19.7 Å². The number of furan rings is 1. The quantitative estimate of drug-likeness (QED) is 0.796. The number of hydrogen-bond donors (Lipinski definition) is 1. The molecule has 0 saturated carbocycles. The number of benzene rings is 1. The number of aliphatic hydroxyl groups is 1. The van der Waals surface area contributed by atoms with Crippen LogP contribution in [0, 0.1) is 6.92 Å². The second-order valence-corrected chi connectivity index (χ2v) is 5.31. The highest BCUT2D eigenvalue weighted by molar-refractivity contribution is 5.95. The van der Waals surface area contributed by atoms with Crippen molar-refractivity contribution >= 4 is 5.91 Å². The minimum absolute atomic E-state index is 0.0190. The molecule has 22 heavy (non-hydrogen) atoms. The first kappa shape index (κ1) is 16.3. The molecule has 0 saturated heterocycles. The molecule has 0 aliphatic heterocycles. The second-order valence-electron chi connectivity index (χ2n) is 5.31. The molecule has 0 aliphatic carbocycles. The van der Waals surface area contributed by atoms with Crippen LogP contribution in [0.15, 0.2) is 40.8 Å². The van der Waals surface area contributed by atoms with E-state index >= 15 is 0 Å². The first-order chi connectivity index (χ1) is 10.7. The molecule has 0 unspecified atom stereocenters. The van der Waals surface area contributed by atoms with Gasteiger partial charge in [0.2, 0.25) is 0 Å². The van der Waals surface area contributed by atoms with E-state index in [-0.39, 0.29) is 12.5 Å². The summed E-state index contributed by atoms with van der Waals surface area (Å²) >= 11 is 0. The van der Waals surface area contributed by atoms with Crippen LogP contribution in [0.5, 0.6) is 0 Å². The van der Waals surface area contributed by atoms with Crippen LogP contribution in [0.1, 0.15) is 35.9 Å². The number of unbranched alkanes of at least 4 members (excludes halogenated alkanes) is 1. The Kier molecular flexibility index (Phi) is 5.78. The highest BCUT2D eigenvalue weighted by Gasteiger charge is 2.15. The van der Waals surface area contributed by atoms with Crippen LogP contribution in [0.25, 0.3) is 11.3 Å². The molecule has 0 atom stereocenters. The van der Waals surface area contributed by atoms with Crippen molar-refractivity contribution < 1.29 is 14.3 Å². The minimum atomic E-state index is 0.0190. The fourth-order valence-corrected chi connectivity index (χ4v) is 2.40. The largest absolute Gasteiger partial charge is 0.461 e. The highest BCUT2D eigenvalue weighted by Crippen LogP contribution is 2.23. The molecule has 0 radical (unpaired) electrons. The van der Waals surface area contributed by atoms with Crippen molar-refractivity contribution in [3.63, 3.8) is 0 Å². The topological polar surface area (TPSA) is 53.7 Å². The van der Waals surface area contributed by atoms with E-state index in [1.165, 1.54) is 0 Å². The van der Waals surface area contributed by atoms with Gasteiger partial charge in [-0.05, 0) is 51.0 Å². The van der Waals surface area contributed by atoms with Crippen LogP contribution >= 0.6 is 0 Å². The summed E-state index contributed by atoms with van der Waals surface area (Å²) in [6.45, 7) is 5.36. The zero-order valence-electron chi connectivity index (χ0n) is 13.2. The fraction of sp³-hybridized carbons (Fsp3) is 0.389. The van der Waals surface area contributed by atoms with Crippen LogP contribution < -0.4 is 0 Å². The van der Waals surface area contributed by atoms with Crippen molar-refractivity contribution in [1.82, 2.24) is 4.90 Å². The molecule has 0 aliphatic rings. The van der Waals surface area contributed by atoms with Gasteiger partial charge in [-0.3, -0.25) is 4.79 Å². The van der Waals surface area contributed by atoms with Crippen LogP contribution in [0.2, 0.25) is 0 Å². The maximum Gasteiger partial charge on any atom is 0.253 e. The SMILES string of the molecule is CCN(CCCCO)C(=O)c1cccc(-c2ccc(C)o2)c1. The first-order valence-corrected chi connectivity index (χ1v) is 7.72. The predicted molar refractivity (Wildman–Crippen MR) is 86.8 cm³/mol. The third-order valence-corrected chi connectivity index (χ3v) is 3.64.